The number of benzene rings is 1. The molecule has 0 bridgehead atoms. The van der Waals surface area contributed by atoms with Crippen molar-refractivity contribution < 1.29 is 9.15 Å². The fourth-order valence-corrected chi connectivity index (χ4v) is 1.58. The number of ether oxygens (including phenoxy) is 1. The Morgan fingerprint density at radius 3 is 2.88 bits per heavy atom. The van der Waals surface area contributed by atoms with Crippen LogP contribution in [0.25, 0.3) is 11.0 Å². The van der Waals surface area contributed by atoms with E-state index in [-0.39, 0.29) is 12.0 Å². The Bertz CT molecular complexity index is 665. The lowest BCUT2D eigenvalue weighted by Gasteiger charge is -2.05. The molecule has 0 spiro atoms. The fraction of sp³-hybridized carbons (Fsp3) is 0.231. The SMILES string of the molecule is Cc1oc2cc(OCC#N)ccc2c(=O)c1C. The minimum Gasteiger partial charge on any atom is -0.479 e. The summed E-state index contributed by atoms with van der Waals surface area (Å²) in [4.78, 5) is 11.9. The van der Waals surface area contributed by atoms with Crippen LogP contribution < -0.4 is 10.2 Å². The van der Waals surface area contributed by atoms with Crippen molar-refractivity contribution in [3.05, 3.63) is 39.7 Å². The number of rotatable bonds is 2. The summed E-state index contributed by atoms with van der Waals surface area (Å²) >= 11 is 0. The highest BCUT2D eigenvalue weighted by Gasteiger charge is 2.08. The van der Waals surface area contributed by atoms with Gasteiger partial charge in [-0.3, -0.25) is 4.79 Å². The second-order valence-corrected chi connectivity index (χ2v) is 3.72. The molecule has 1 aromatic carbocycles. The summed E-state index contributed by atoms with van der Waals surface area (Å²) < 4.78 is 10.7. The molecule has 0 saturated carbocycles. The number of nitrogens with zero attached hydrogens (tertiary/aromatic N) is 1. The maximum atomic E-state index is 11.9. The van der Waals surface area contributed by atoms with Crippen molar-refractivity contribution in [3.63, 3.8) is 0 Å². The molecule has 1 aromatic heterocycles. The summed E-state index contributed by atoms with van der Waals surface area (Å²) in [5.74, 6) is 1.12. The Morgan fingerprint density at radius 1 is 1.41 bits per heavy atom. The first-order valence-electron chi connectivity index (χ1n) is 5.17. The van der Waals surface area contributed by atoms with Crippen LogP contribution in [-0.2, 0) is 0 Å². The van der Waals surface area contributed by atoms with Gasteiger partial charge in [-0.2, -0.15) is 5.26 Å². The predicted octanol–water partition coefficient (Wildman–Crippen LogP) is 2.31. The maximum absolute atomic E-state index is 11.9. The summed E-state index contributed by atoms with van der Waals surface area (Å²) in [5.41, 5.74) is 1.06. The number of aryl methyl sites for hydroxylation is 1. The molecule has 0 atom stereocenters. The van der Waals surface area contributed by atoms with Crippen molar-refractivity contribution in [2.45, 2.75) is 13.8 Å². The predicted molar refractivity (Wildman–Crippen MR) is 63.1 cm³/mol. The topological polar surface area (TPSA) is 63.2 Å². The Labute approximate surface area is 98.0 Å². The van der Waals surface area contributed by atoms with E-state index < -0.39 is 0 Å². The Hall–Kier alpha value is -2.28. The van der Waals surface area contributed by atoms with Gasteiger partial charge in [0.1, 0.15) is 23.2 Å². The zero-order valence-corrected chi connectivity index (χ0v) is 9.61. The van der Waals surface area contributed by atoms with Gasteiger partial charge < -0.3 is 9.15 Å². The molecule has 2 aromatic rings. The molecule has 17 heavy (non-hydrogen) atoms. The second-order valence-electron chi connectivity index (χ2n) is 3.72. The van der Waals surface area contributed by atoms with E-state index in [0.717, 1.165) is 0 Å². The normalized spacial score (nSPS) is 10.2. The second kappa shape index (κ2) is 4.30. The molecule has 0 unspecified atom stereocenters. The summed E-state index contributed by atoms with van der Waals surface area (Å²) in [7, 11) is 0. The van der Waals surface area contributed by atoms with Crippen molar-refractivity contribution >= 4 is 11.0 Å². The minimum atomic E-state index is -0.0319. The molecule has 86 valence electrons. The molecule has 0 aliphatic heterocycles. The molecule has 0 amide bonds. The van der Waals surface area contributed by atoms with Gasteiger partial charge in [0.05, 0.1) is 5.39 Å². The van der Waals surface area contributed by atoms with Gasteiger partial charge in [0.15, 0.2) is 12.0 Å². The van der Waals surface area contributed by atoms with Crippen molar-refractivity contribution in [1.29, 1.82) is 5.26 Å². The van der Waals surface area contributed by atoms with Crippen molar-refractivity contribution in [2.75, 3.05) is 6.61 Å². The number of hydrogen-bond acceptors (Lipinski definition) is 4. The molecule has 0 saturated heterocycles. The van der Waals surface area contributed by atoms with Gasteiger partial charge in [0.2, 0.25) is 0 Å². The number of fused-ring (bicyclic) bond motifs is 1. The van der Waals surface area contributed by atoms with E-state index >= 15 is 0 Å². The summed E-state index contributed by atoms with van der Waals surface area (Å²) in [5, 5.41) is 8.94. The van der Waals surface area contributed by atoms with E-state index in [1.54, 1.807) is 32.0 Å². The standard InChI is InChI=1S/C13H11NO3/c1-8-9(2)17-12-7-10(16-6-5-14)3-4-11(12)13(8)15/h3-4,7H,6H2,1-2H3. The molecule has 0 aliphatic rings. The number of nitriles is 1. The first-order valence-corrected chi connectivity index (χ1v) is 5.17. The largest absolute Gasteiger partial charge is 0.479 e. The quantitative estimate of drug-likeness (QED) is 0.792. The molecule has 0 N–H and O–H groups in total. The zero-order valence-electron chi connectivity index (χ0n) is 9.61. The maximum Gasteiger partial charge on any atom is 0.195 e. The first-order chi connectivity index (χ1) is 8.13. The van der Waals surface area contributed by atoms with E-state index in [1.807, 2.05) is 6.07 Å². The molecule has 0 fully saturated rings. The lowest BCUT2D eigenvalue weighted by atomic mass is 10.1. The van der Waals surface area contributed by atoms with Crippen LogP contribution in [0.4, 0.5) is 0 Å². The van der Waals surface area contributed by atoms with Gasteiger partial charge in [-0.25, -0.2) is 0 Å². The molecular formula is C13H11NO3. The van der Waals surface area contributed by atoms with Crippen LogP contribution in [0.15, 0.2) is 27.4 Å². The smallest absolute Gasteiger partial charge is 0.195 e. The lowest BCUT2D eigenvalue weighted by Crippen LogP contribution is -2.07. The van der Waals surface area contributed by atoms with E-state index in [9.17, 15) is 4.79 Å². The van der Waals surface area contributed by atoms with E-state index in [2.05, 4.69) is 0 Å². The monoisotopic (exact) mass is 229 g/mol. The highest BCUT2D eigenvalue weighted by Crippen LogP contribution is 2.20. The highest BCUT2D eigenvalue weighted by molar-refractivity contribution is 5.78. The number of hydrogen-bond donors (Lipinski definition) is 0. The molecular weight excluding hydrogens is 218 g/mol. The summed E-state index contributed by atoms with van der Waals surface area (Å²) in [6.45, 7) is 3.46. The average Bonchev–Trinajstić information content (AvgIpc) is 2.33. The Balaban J connectivity index is 2.60. The van der Waals surface area contributed by atoms with Crippen LogP contribution in [0.5, 0.6) is 5.75 Å². The third-order valence-corrected chi connectivity index (χ3v) is 2.63. The lowest BCUT2D eigenvalue weighted by molar-refractivity contribution is 0.368. The van der Waals surface area contributed by atoms with Crippen molar-refractivity contribution in [3.8, 4) is 11.8 Å². The molecule has 0 aliphatic carbocycles. The van der Waals surface area contributed by atoms with Gasteiger partial charge >= 0.3 is 0 Å². The van der Waals surface area contributed by atoms with Crippen molar-refractivity contribution in [2.24, 2.45) is 0 Å². The third-order valence-electron chi connectivity index (χ3n) is 2.63. The molecule has 4 heteroatoms. The molecule has 0 radical (unpaired) electrons. The van der Waals surface area contributed by atoms with Gasteiger partial charge in [-0.1, -0.05) is 0 Å². The van der Waals surface area contributed by atoms with Crippen molar-refractivity contribution in [1.82, 2.24) is 0 Å². The Morgan fingerprint density at radius 2 is 2.18 bits per heavy atom. The van der Waals surface area contributed by atoms with Gasteiger partial charge in [0.25, 0.3) is 0 Å². The summed E-state index contributed by atoms with van der Waals surface area (Å²) in [6.07, 6.45) is 0. The van der Waals surface area contributed by atoms with Gasteiger partial charge in [0, 0.05) is 11.6 Å². The van der Waals surface area contributed by atoms with Crippen LogP contribution in [0.2, 0.25) is 0 Å². The highest BCUT2D eigenvalue weighted by atomic mass is 16.5. The van der Waals surface area contributed by atoms with Gasteiger partial charge in [-0.05, 0) is 26.0 Å². The van der Waals surface area contributed by atoms with E-state index in [0.29, 0.717) is 28.0 Å². The molecule has 1 heterocycles. The van der Waals surface area contributed by atoms with Crippen LogP contribution in [-0.4, -0.2) is 6.61 Å². The minimum absolute atomic E-state index is 0.0272. The van der Waals surface area contributed by atoms with Gasteiger partial charge in [-0.15, -0.1) is 0 Å². The van der Waals surface area contributed by atoms with Crippen LogP contribution in [0.3, 0.4) is 0 Å². The first kappa shape index (κ1) is 11.2. The molecule has 4 nitrogen and oxygen atoms in total. The van der Waals surface area contributed by atoms with E-state index in [4.69, 9.17) is 14.4 Å². The average molecular weight is 229 g/mol. The fourth-order valence-electron chi connectivity index (χ4n) is 1.58. The Kier molecular flexibility index (Phi) is 2.84. The zero-order chi connectivity index (χ0) is 12.4. The van der Waals surface area contributed by atoms with E-state index in [1.165, 1.54) is 0 Å². The van der Waals surface area contributed by atoms with Crippen LogP contribution >= 0.6 is 0 Å². The van der Waals surface area contributed by atoms with Crippen LogP contribution in [0, 0.1) is 25.2 Å². The summed E-state index contributed by atoms with van der Waals surface area (Å²) in [6, 6.07) is 6.82. The third kappa shape index (κ3) is 2.00. The molecule has 2 rings (SSSR count). The van der Waals surface area contributed by atoms with Crippen LogP contribution in [0.1, 0.15) is 11.3 Å².